The van der Waals surface area contributed by atoms with E-state index in [0.29, 0.717) is 6.04 Å². The number of rotatable bonds is 7. The quantitative estimate of drug-likeness (QED) is 0.729. The number of hydrogen-bond donors (Lipinski definition) is 2. The molecule has 3 heteroatoms. The molecule has 2 N–H and O–H groups in total. The minimum absolute atomic E-state index is 0.495. The summed E-state index contributed by atoms with van der Waals surface area (Å²) in [5.41, 5.74) is -0.495. The molecule has 0 aromatic heterocycles. The van der Waals surface area contributed by atoms with Gasteiger partial charge in [-0.3, -0.25) is 0 Å². The molecule has 0 radical (unpaired) electrons. The van der Waals surface area contributed by atoms with Crippen LogP contribution in [0.1, 0.15) is 52.4 Å². The van der Waals surface area contributed by atoms with Crippen LogP contribution in [-0.4, -0.2) is 47.8 Å². The Kier molecular flexibility index (Phi) is 5.05. The van der Waals surface area contributed by atoms with Gasteiger partial charge in [-0.25, -0.2) is 0 Å². The van der Waals surface area contributed by atoms with Crippen molar-refractivity contribution in [2.24, 2.45) is 5.92 Å². The second-order valence-electron chi connectivity index (χ2n) is 6.33. The molecule has 0 spiro atoms. The summed E-state index contributed by atoms with van der Waals surface area (Å²) in [7, 11) is 0. The van der Waals surface area contributed by atoms with Gasteiger partial charge >= 0.3 is 0 Å². The van der Waals surface area contributed by atoms with Gasteiger partial charge in [0.05, 0.1) is 5.60 Å². The number of nitrogens with one attached hydrogen (secondary N) is 1. The summed E-state index contributed by atoms with van der Waals surface area (Å²) in [5, 5.41) is 13.8. The van der Waals surface area contributed by atoms with E-state index < -0.39 is 5.60 Å². The lowest BCUT2D eigenvalue weighted by molar-refractivity contribution is 0.0271. The maximum Gasteiger partial charge on any atom is 0.0766 e. The van der Waals surface area contributed by atoms with Crippen LogP contribution >= 0.6 is 0 Å². The van der Waals surface area contributed by atoms with Crippen molar-refractivity contribution in [1.82, 2.24) is 10.2 Å². The van der Waals surface area contributed by atoms with Crippen LogP contribution in [0.25, 0.3) is 0 Å². The van der Waals surface area contributed by atoms with Gasteiger partial charge in [0, 0.05) is 19.1 Å². The second kappa shape index (κ2) is 6.36. The number of nitrogens with zero attached hydrogens (tertiary/aromatic N) is 1. The Morgan fingerprint density at radius 1 is 1.11 bits per heavy atom. The standard InChI is InChI=1S/C15H30N2O/c1-3-15(18,4-2)12-16-14-7-9-17(10-8-14)11-13-5-6-13/h13-14,16,18H,3-12H2,1-2H3. The molecule has 106 valence electrons. The predicted molar refractivity (Wildman–Crippen MR) is 75.7 cm³/mol. The lowest BCUT2D eigenvalue weighted by Crippen LogP contribution is -2.48. The molecule has 18 heavy (non-hydrogen) atoms. The fourth-order valence-electron chi connectivity index (χ4n) is 2.82. The molecule has 0 aromatic rings. The average Bonchev–Trinajstić information content (AvgIpc) is 3.21. The van der Waals surface area contributed by atoms with Crippen LogP contribution in [0.3, 0.4) is 0 Å². The molecule has 2 aliphatic rings. The van der Waals surface area contributed by atoms with Crippen LogP contribution < -0.4 is 5.32 Å². The first-order valence-electron chi connectivity index (χ1n) is 7.83. The van der Waals surface area contributed by atoms with Crippen molar-refractivity contribution in [2.45, 2.75) is 64.0 Å². The largest absolute Gasteiger partial charge is 0.389 e. The van der Waals surface area contributed by atoms with Crippen LogP contribution in [0.4, 0.5) is 0 Å². The number of likely N-dealkylation sites (tertiary alicyclic amines) is 1. The Balaban J connectivity index is 1.63. The molecule has 1 aliphatic heterocycles. The van der Waals surface area contributed by atoms with E-state index in [2.05, 4.69) is 24.1 Å². The Labute approximate surface area is 112 Å². The zero-order valence-corrected chi connectivity index (χ0v) is 12.1. The molecule has 1 heterocycles. The van der Waals surface area contributed by atoms with Crippen LogP contribution in [0.5, 0.6) is 0 Å². The van der Waals surface area contributed by atoms with Gasteiger partial charge in [-0.2, -0.15) is 0 Å². The summed E-state index contributed by atoms with van der Waals surface area (Å²) in [6.07, 6.45) is 7.09. The van der Waals surface area contributed by atoms with Crippen molar-refractivity contribution in [3.63, 3.8) is 0 Å². The summed E-state index contributed by atoms with van der Waals surface area (Å²) in [5.74, 6) is 1.01. The van der Waals surface area contributed by atoms with Gasteiger partial charge in [-0.1, -0.05) is 13.8 Å². The molecule has 1 saturated carbocycles. The van der Waals surface area contributed by atoms with Crippen LogP contribution in [0, 0.1) is 5.92 Å². The van der Waals surface area contributed by atoms with E-state index in [1.807, 2.05) is 0 Å². The molecular formula is C15H30N2O. The topological polar surface area (TPSA) is 35.5 Å². The zero-order valence-electron chi connectivity index (χ0n) is 12.1. The Morgan fingerprint density at radius 2 is 1.72 bits per heavy atom. The van der Waals surface area contributed by atoms with E-state index >= 15 is 0 Å². The molecular weight excluding hydrogens is 224 g/mol. The average molecular weight is 254 g/mol. The third-order valence-electron chi connectivity index (χ3n) is 4.84. The maximum atomic E-state index is 10.3. The SMILES string of the molecule is CCC(O)(CC)CNC1CCN(CC2CC2)CC1. The molecule has 0 amide bonds. The summed E-state index contributed by atoms with van der Waals surface area (Å²) in [6.45, 7) is 8.72. The molecule has 0 bridgehead atoms. The van der Waals surface area contributed by atoms with Crippen molar-refractivity contribution in [1.29, 1.82) is 0 Å². The minimum Gasteiger partial charge on any atom is -0.389 e. The molecule has 0 unspecified atom stereocenters. The Hall–Kier alpha value is -0.120. The van der Waals surface area contributed by atoms with Crippen molar-refractivity contribution in [3.05, 3.63) is 0 Å². The first kappa shape index (κ1) is 14.3. The van der Waals surface area contributed by atoms with Crippen molar-refractivity contribution >= 4 is 0 Å². The first-order chi connectivity index (χ1) is 8.65. The van der Waals surface area contributed by atoms with E-state index in [1.54, 1.807) is 0 Å². The summed E-state index contributed by atoms with van der Waals surface area (Å²) in [6, 6.07) is 0.616. The predicted octanol–water partition coefficient (Wildman–Crippen LogP) is 2.00. The summed E-state index contributed by atoms with van der Waals surface area (Å²) in [4.78, 5) is 2.63. The van der Waals surface area contributed by atoms with Crippen LogP contribution in [0.15, 0.2) is 0 Å². The van der Waals surface area contributed by atoms with Gasteiger partial charge in [0.2, 0.25) is 0 Å². The number of hydrogen-bond acceptors (Lipinski definition) is 3. The normalized spacial score (nSPS) is 23.5. The molecule has 1 saturated heterocycles. The van der Waals surface area contributed by atoms with E-state index in [4.69, 9.17) is 0 Å². The maximum absolute atomic E-state index is 10.3. The Morgan fingerprint density at radius 3 is 2.22 bits per heavy atom. The third kappa shape index (κ3) is 4.22. The Bertz CT molecular complexity index is 241. The molecule has 0 atom stereocenters. The molecule has 2 fully saturated rings. The van der Waals surface area contributed by atoms with Gasteiger partial charge in [-0.05, 0) is 57.5 Å². The van der Waals surface area contributed by atoms with Crippen molar-refractivity contribution < 1.29 is 5.11 Å². The lowest BCUT2D eigenvalue weighted by atomic mass is 9.96. The fourth-order valence-corrected chi connectivity index (χ4v) is 2.82. The van der Waals surface area contributed by atoms with Crippen molar-refractivity contribution in [3.8, 4) is 0 Å². The monoisotopic (exact) mass is 254 g/mol. The van der Waals surface area contributed by atoms with Gasteiger partial charge in [0.25, 0.3) is 0 Å². The first-order valence-corrected chi connectivity index (χ1v) is 7.83. The fraction of sp³-hybridized carbons (Fsp3) is 1.00. The van der Waals surface area contributed by atoms with E-state index in [9.17, 15) is 5.11 Å². The van der Waals surface area contributed by atoms with E-state index in [1.165, 1.54) is 45.3 Å². The second-order valence-corrected chi connectivity index (χ2v) is 6.33. The molecule has 0 aromatic carbocycles. The summed E-state index contributed by atoms with van der Waals surface area (Å²) >= 11 is 0. The number of aliphatic hydroxyl groups is 1. The van der Waals surface area contributed by atoms with Gasteiger partial charge in [-0.15, -0.1) is 0 Å². The summed E-state index contributed by atoms with van der Waals surface area (Å²) < 4.78 is 0. The van der Waals surface area contributed by atoms with Gasteiger partial charge in [0.15, 0.2) is 0 Å². The zero-order chi connectivity index (χ0) is 13.0. The highest BCUT2D eigenvalue weighted by Gasteiger charge is 2.28. The molecule has 1 aliphatic carbocycles. The molecule has 2 rings (SSSR count). The van der Waals surface area contributed by atoms with Crippen molar-refractivity contribution in [2.75, 3.05) is 26.2 Å². The smallest absolute Gasteiger partial charge is 0.0766 e. The molecule has 3 nitrogen and oxygen atoms in total. The highest BCUT2D eigenvalue weighted by atomic mass is 16.3. The lowest BCUT2D eigenvalue weighted by Gasteiger charge is -2.35. The van der Waals surface area contributed by atoms with Gasteiger partial charge < -0.3 is 15.3 Å². The minimum atomic E-state index is -0.495. The highest BCUT2D eigenvalue weighted by molar-refractivity contribution is 4.85. The third-order valence-corrected chi connectivity index (χ3v) is 4.84. The van der Waals surface area contributed by atoms with E-state index in [0.717, 1.165) is 25.3 Å². The van der Waals surface area contributed by atoms with Gasteiger partial charge in [0.1, 0.15) is 0 Å². The highest BCUT2D eigenvalue weighted by Crippen LogP contribution is 2.30. The van der Waals surface area contributed by atoms with Crippen LogP contribution in [-0.2, 0) is 0 Å². The number of piperidine rings is 1. The van der Waals surface area contributed by atoms with Crippen LogP contribution in [0.2, 0.25) is 0 Å². The van der Waals surface area contributed by atoms with E-state index in [-0.39, 0.29) is 0 Å².